The van der Waals surface area contributed by atoms with Gasteiger partial charge in [-0.05, 0) is 50.4 Å². The second-order valence-corrected chi connectivity index (χ2v) is 7.98. The third-order valence-corrected chi connectivity index (χ3v) is 5.55. The molecule has 2 heterocycles. The van der Waals surface area contributed by atoms with Crippen molar-refractivity contribution in [3.05, 3.63) is 71.7 Å². The maximum Gasteiger partial charge on any atom is 0.123 e. The van der Waals surface area contributed by atoms with Crippen LogP contribution in [0.3, 0.4) is 0 Å². The molecule has 0 unspecified atom stereocenters. The third kappa shape index (κ3) is 5.14. The average Bonchev–Trinajstić information content (AvgIpc) is 3.17. The number of aryl methyl sites for hydroxylation is 1. The highest BCUT2D eigenvalue weighted by atomic mass is 19.1. The Balaban J connectivity index is 1.54. The van der Waals surface area contributed by atoms with E-state index in [0.29, 0.717) is 0 Å². The molecule has 0 saturated carbocycles. The summed E-state index contributed by atoms with van der Waals surface area (Å²) >= 11 is 0. The van der Waals surface area contributed by atoms with E-state index >= 15 is 0 Å². The van der Waals surface area contributed by atoms with E-state index < -0.39 is 0 Å². The standard InChI is InChI=1S/C24H29FN4O/c1-19-3-9-23(10-4-19)29-18-21(24(26-29)20-5-7-22(25)8-6-20)17-27(2)11-12-28-13-15-30-16-14-28/h3-10,18H,11-17H2,1-2H3. The normalized spacial score (nSPS) is 15.1. The highest BCUT2D eigenvalue weighted by Crippen LogP contribution is 2.25. The van der Waals surface area contributed by atoms with Gasteiger partial charge in [-0.3, -0.25) is 4.90 Å². The van der Waals surface area contributed by atoms with E-state index in [9.17, 15) is 4.39 Å². The summed E-state index contributed by atoms with van der Waals surface area (Å²) in [6, 6.07) is 14.9. The zero-order chi connectivity index (χ0) is 20.9. The van der Waals surface area contributed by atoms with Crippen molar-refractivity contribution >= 4 is 0 Å². The fourth-order valence-corrected chi connectivity index (χ4v) is 3.71. The Morgan fingerprint density at radius 2 is 1.73 bits per heavy atom. The summed E-state index contributed by atoms with van der Waals surface area (Å²) in [6.45, 7) is 8.49. The maximum atomic E-state index is 13.5. The zero-order valence-corrected chi connectivity index (χ0v) is 17.7. The van der Waals surface area contributed by atoms with Crippen LogP contribution in [0.4, 0.5) is 4.39 Å². The molecule has 0 aliphatic carbocycles. The molecule has 0 N–H and O–H groups in total. The monoisotopic (exact) mass is 408 g/mol. The summed E-state index contributed by atoms with van der Waals surface area (Å²) in [7, 11) is 2.14. The van der Waals surface area contributed by atoms with Crippen LogP contribution in [0.25, 0.3) is 16.9 Å². The summed E-state index contributed by atoms with van der Waals surface area (Å²) in [6.07, 6.45) is 2.09. The Morgan fingerprint density at radius 1 is 1.03 bits per heavy atom. The Bertz CT molecular complexity index is 946. The predicted molar refractivity (Wildman–Crippen MR) is 117 cm³/mol. The quantitative estimate of drug-likeness (QED) is 0.596. The van der Waals surface area contributed by atoms with Crippen molar-refractivity contribution in [3.8, 4) is 16.9 Å². The number of likely N-dealkylation sites (N-methyl/N-ethyl adjacent to an activating group) is 1. The van der Waals surface area contributed by atoms with E-state index in [-0.39, 0.29) is 5.82 Å². The first-order chi connectivity index (χ1) is 14.6. The molecule has 2 aromatic carbocycles. The highest BCUT2D eigenvalue weighted by Gasteiger charge is 2.16. The molecule has 1 fully saturated rings. The molecule has 0 amide bonds. The molecule has 4 rings (SSSR count). The van der Waals surface area contributed by atoms with Crippen molar-refractivity contribution in [2.75, 3.05) is 46.4 Å². The van der Waals surface area contributed by atoms with E-state index in [0.717, 1.165) is 68.4 Å². The minimum absolute atomic E-state index is 0.235. The number of hydrogen-bond donors (Lipinski definition) is 0. The second kappa shape index (κ2) is 9.51. The molecule has 0 atom stereocenters. The lowest BCUT2D eigenvalue weighted by molar-refractivity contribution is 0.0342. The van der Waals surface area contributed by atoms with Crippen LogP contribution < -0.4 is 0 Å². The summed E-state index contributed by atoms with van der Waals surface area (Å²) in [4.78, 5) is 4.76. The molecular weight excluding hydrogens is 379 g/mol. The van der Waals surface area contributed by atoms with Crippen LogP contribution in [0.1, 0.15) is 11.1 Å². The maximum absolute atomic E-state index is 13.5. The van der Waals surface area contributed by atoms with Gasteiger partial charge in [0.2, 0.25) is 0 Å². The minimum Gasteiger partial charge on any atom is -0.379 e. The molecule has 1 aliphatic rings. The smallest absolute Gasteiger partial charge is 0.123 e. The van der Waals surface area contributed by atoms with Crippen molar-refractivity contribution in [1.82, 2.24) is 19.6 Å². The molecule has 0 bridgehead atoms. The lowest BCUT2D eigenvalue weighted by atomic mass is 10.1. The van der Waals surface area contributed by atoms with Gasteiger partial charge in [0.1, 0.15) is 5.82 Å². The van der Waals surface area contributed by atoms with Crippen molar-refractivity contribution in [1.29, 1.82) is 0 Å². The van der Waals surface area contributed by atoms with Gasteiger partial charge >= 0.3 is 0 Å². The van der Waals surface area contributed by atoms with Crippen LogP contribution >= 0.6 is 0 Å². The number of halogens is 1. The number of aromatic nitrogens is 2. The van der Waals surface area contributed by atoms with Gasteiger partial charge in [0.15, 0.2) is 0 Å². The SMILES string of the molecule is Cc1ccc(-n2cc(CN(C)CCN3CCOCC3)c(-c3ccc(F)cc3)n2)cc1. The highest BCUT2D eigenvalue weighted by molar-refractivity contribution is 5.63. The second-order valence-electron chi connectivity index (χ2n) is 7.98. The largest absolute Gasteiger partial charge is 0.379 e. The Morgan fingerprint density at radius 3 is 2.43 bits per heavy atom. The van der Waals surface area contributed by atoms with E-state index in [1.807, 2.05) is 4.68 Å². The Hall–Kier alpha value is -2.54. The first-order valence-corrected chi connectivity index (χ1v) is 10.5. The van der Waals surface area contributed by atoms with Crippen LogP contribution in [0.5, 0.6) is 0 Å². The van der Waals surface area contributed by atoms with Crippen molar-refractivity contribution in [2.45, 2.75) is 13.5 Å². The van der Waals surface area contributed by atoms with Crippen molar-refractivity contribution in [3.63, 3.8) is 0 Å². The molecule has 0 radical (unpaired) electrons. The van der Waals surface area contributed by atoms with Crippen molar-refractivity contribution < 1.29 is 9.13 Å². The molecule has 1 aromatic heterocycles. The van der Waals surface area contributed by atoms with E-state index in [4.69, 9.17) is 9.84 Å². The molecule has 6 heteroatoms. The molecule has 1 aliphatic heterocycles. The van der Waals surface area contributed by atoms with Gasteiger partial charge < -0.3 is 9.64 Å². The summed E-state index contributed by atoms with van der Waals surface area (Å²) in [5.41, 5.74) is 5.19. The summed E-state index contributed by atoms with van der Waals surface area (Å²) < 4.78 is 20.8. The van der Waals surface area contributed by atoms with Crippen LogP contribution in [0, 0.1) is 12.7 Å². The average molecular weight is 409 g/mol. The number of morpholine rings is 1. The van der Waals surface area contributed by atoms with Gasteiger partial charge in [-0.2, -0.15) is 5.10 Å². The van der Waals surface area contributed by atoms with Crippen molar-refractivity contribution in [2.24, 2.45) is 0 Å². The molecule has 30 heavy (non-hydrogen) atoms. The first kappa shape index (κ1) is 20.7. The van der Waals surface area contributed by atoms with Crippen LogP contribution in [0.15, 0.2) is 54.7 Å². The summed E-state index contributed by atoms with van der Waals surface area (Å²) in [5.74, 6) is -0.235. The van der Waals surface area contributed by atoms with Gasteiger partial charge in [0, 0.05) is 50.0 Å². The van der Waals surface area contributed by atoms with E-state index in [2.05, 4.69) is 54.2 Å². The third-order valence-electron chi connectivity index (χ3n) is 5.55. The zero-order valence-electron chi connectivity index (χ0n) is 17.7. The fourth-order valence-electron chi connectivity index (χ4n) is 3.71. The lowest BCUT2D eigenvalue weighted by Crippen LogP contribution is -2.40. The van der Waals surface area contributed by atoms with Gasteiger partial charge in [0.05, 0.1) is 24.6 Å². The molecule has 158 valence electrons. The number of benzene rings is 2. The lowest BCUT2D eigenvalue weighted by Gasteiger charge is -2.28. The molecule has 1 saturated heterocycles. The van der Waals surface area contributed by atoms with Crippen LogP contribution in [-0.4, -0.2) is 66.0 Å². The van der Waals surface area contributed by atoms with Gasteiger partial charge in [0.25, 0.3) is 0 Å². The number of ether oxygens (including phenoxy) is 1. The molecular formula is C24H29FN4O. The number of rotatable bonds is 7. The fraction of sp³-hybridized carbons (Fsp3) is 0.375. The van der Waals surface area contributed by atoms with Gasteiger partial charge in [-0.25, -0.2) is 9.07 Å². The summed E-state index contributed by atoms with van der Waals surface area (Å²) in [5, 5.41) is 4.85. The van der Waals surface area contributed by atoms with Gasteiger partial charge in [-0.1, -0.05) is 17.7 Å². The van der Waals surface area contributed by atoms with Crippen LogP contribution in [0.2, 0.25) is 0 Å². The van der Waals surface area contributed by atoms with Gasteiger partial charge in [-0.15, -0.1) is 0 Å². The number of hydrogen-bond acceptors (Lipinski definition) is 4. The molecule has 5 nitrogen and oxygen atoms in total. The predicted octanol–water partition coefficient (Wildman–Crippen LogP) is 3.75. The first-order valence-electron chi connectivity index (χ1n) is 10.5. The molecule has 3 aromatic rings. The molecule has 0 spiro atoms. The Kier molecular flexibility index (Phi) is 6.57. The van der Waals surface area contributed by atoms with Crippen LogP contribution in [-0.2, 0) is 11.3 Å². The van der Waals surface area contributed by atoms with E-state index in [1.54, 1.807) is 12.1 Å². The number of nitrogens with zero attached hydrogens (tertiary/aromatic N) is 4. The Labute approximate surface area is 177 Å². The topological polar surface area (TPSA) is 33.5 Å². The minimum atomic E-state index is -0.235. The van der Waals surface area contributed by atoms with E-state index in [1.165, 1.54) is 17.7 Å².